The van der Waals surface area contributed by atoms with Gasteiger partial charge in [0.2, 0.25) is 5.91 Å². The minimum Gasteiger partial charge on any atom is -0.497 e. The van der Waals surface area contributed by atoms with Crippen molar-refractivity contribution in [2.45, 2.75) is 52.1 Å². The highest BCUT2D eigenvalue weighted by Crippen LogP contribution is 2.25. The normalized spacial score (nSPS) is 14.4. The van der Waals surface area contributed by atoms with E-state index in [1.807, 2.05) is 50.5 Å². The number of carbonyl (C=O) groups excluding carboxylic acids is 1. The molecule has 0 bridgehead atoms. The molecular formula is C27H36N4O4. The van der Waals surface area contributed by atoms with Gasteiger partial charge in [-0.3, -0.25) is 14.2 Å². The number of nitrogens with one attached hydrogen (secondary N) is 1. The van der Waals surface area contributed by atoms with Crippen molar-refractivity contribution in [3.05, 3.63) is 53.1 Å². The molecular weight excluding hydrogens is 444 g/mol. The minimum absolute atomic E-state index is 0.0135. The van der Waals surface area contributed by atoms with Crippen molar-refractivity contribution in [2.75, 3.05) is 33.4 Å². The van der Waals surface area contributed by atoms with Crippen LogP contribution in [-0.4, -0.2) is 59.2 Å². The maximum absolute atomic E-state index is 13.5. The smallest absolute Gasteiger partial charge is 0.275 e. The summed E-state index contributed by atoms with van der Waals surface area (Å²) in [5.74, 6) is 1.12. The Morgan fingerprint density at radius 3 is 2.63 bits per heavy atom. The number of amides is 1. The maximum Gasteiger partial charge on any atom is 0.275 e. The molecule has 0 aliphatic carbocycles. The van der Waals surface area contributed by atoms with Crippen molar-refractivity contribution < 1.29 is 14.3 Å². The highest BCUT2D eigenvalue weighted by Gasteiger charge is 2.17. The Kier molecular flexibility index (Phi) is 8.13. The van der Waals surface area contributed by atoms with Gasteiger partial charge in [-0.1, -0.05) is 18.6 Å². The molecule has 4 rings (SSSR count). The summed E-state index contributed by atoms with van der Waals surface area (Å²) in [6.07, 6.45) is 8.54. The molecule has 0 saturated carbocycles. The predicted molar refractivity (Wildman–Crippen MR) is 137 cm³/mol. The van der Waals surface area contributed by atoms with Crippen molar-refractivity contribution in [1.29, 1.82) is 0 Å². The number of fused-ring (bicyclic) bond motifs is 1. The first-order chi connectivity index (χ1) is 16.9. The van der Waals surface area contributed by atoms with E-state index in [4.69, 9.17) is 9.47 Å². The monoisotopic (exact) mass is 480 g/mol. The van der Waals surface area contributed by atoms with Gasteiger partial charge in [0.25, 0.3) is 5.56 Å². The number of nitrogens with zero attached hydrogens (tertiary/aromatic N) is 3. The lowest BCUT2D eigenvalue weighted by Crippen LogP contribution is -2.36. The fraction of sp³-hybridized carbons (Fsp3) is 0.481. The van der Waals surface area contributed by atoms with E-state index in [0.29, 0.717) is 29.3 Å². The lowest BCUT2D eigenvalue weighted by molar-refractivity contribution is -0.122. The molecule has 2 aromatic heterocycles. The first kappa shape index (κ1) is 24.9. The van der Waals surface area contributed by atoms with Gasteiger partial charge in [-0.15, -0.1) is 0 Å². The molecule has 1 fully saturated rings. The van der Waals surface area contributed by atoms with Gasteiger partial charge in [0.05, 0.1) is 25.6 Å². The van der Waals surface area contributed by atoms with Crippen LogP contribution in [0.15, 0.2) is 47.5 Å². The van der Waals surface area contributed by atoms with Crippen LogP contribution in [0.1, 0.15) is 39.5 Å². The Bertz CT molecular complexity index is 1210. The molecule has 1 saturated heterocycles. The molecule has 188 valence electrons. The van der Waals surface area contributed by atoms with Crippen molar-refractivity contribution >= 4 is 11.4 Å². The van der Waals surface area contributed by atoms with Crippen LogP contribution in [0.3, 0.4) is 0 Å². The van der Waals surface area contributed by atoms with Crippen LogP contribution in [0.25, 0.3) is 16.8 Å². The molecule has 3 heterocycles. The van der Waals surface area contributed by atoms with Gasteiger partial charge >= 0.3 is 0 Å². The van der Waals surface area contributed by atoms with Crippen LogP contribution in [-0.2, 0) is 11.3 Å². The summed E-state index contributed by atoms with van der Waals surface area (Å²) in [4.78, 5) is 28.6. The summed E-state index contributed by atoms with van der Waals surface area (Å²) in [7, 11) is 1.60. The van der Waals surface area contributed by atoms with Gasteiger partial charge in [-0.25, -0.2) is 0 Å². The summed E-state index contributed by atoms with van der Waals surface area (Å²) >= 11 is 0. The van der Waals surface area contributed by atoms with Crippen LogP contribution in [0.2, 0.25) is 0 Å². The second kappa shape index (κ2) is 11.4. The topological polar surface area (TPSA) is 77.2 Å². The number of hydrogen-bond acceptors (Lipinski definition) is 5. The molecule has 0 atom stereocenters. The van der Waals surface area contributed by atoms with E-state index in [0.717, 1.165) is 18.5 Å². The fourth-order valence-electron chi connectivity index (χ4n) is 4.60. The number of hydrogen-bond donors (Lipinski definition) is 1. The SMILES string of the molecule is COc1cccc(-c2cn3cc(OCCCN4CCCCC4)cc3c(=O)n2CC(=O)NC(C)C)c1. The third-order valence-corrected chi connectivity index (χ3v) is 6.29. The number of piperidine rings is 1. The number of rotatable bonds is 10. The first-order valence-electron chi connectivity index (χ1n) is 12.5. The Balaban J connectivity index is 1.60. The standard InChI is InChI=1S/C27H36N4O4/c1-20(2)28-26(32)19-31-25(21-9-7-10-22(15-21)34-3)18-30-17-23(16-24(30)27(31)33)35-14-8-13-29-11-5-4-6-12-29/h7,9-10,15-18,20H,4-6,8,11-14,19H2,1-3H3,(H,28,32). The quantitative estimate of drug-likeness (QED) is 0.449. The Morgan fingerprint density at radius 2 is 1.89 bits per heavy atom. The van der Waals surface area contributed by atoms with Crippen LogP contribution in [0.5, 0.6) is 11.5 Å². The van der Waals surface area contributed by atoms with E-state index in [-0.39, 0.29) is 24.1 Å². The summed E-state index contributed by atoms with van der Waals surface area (Å²) < 4.78 is 14.7. The molecule has 0 spiro atoms. The van der Waals surface area contributed by atoms with Gasteiger partial charge in [0.15, 0.2) is 0 Å². The maximum atomic E-state index is 13.5. The van der Waals surface area contributed by atoms with Crippen molar-refractivity contribution in [2.24, 2.45) is 0 Å². The van der Waals surface area contributed by atoms with Crippen LogP contribution in [0, 0.1) is 0 Å². The van der Waals surface area contributed by atoms with Gasteiger partial charge in [-0.2, -0.15) is 0 Å². The van der Waals surface area contributed by atoms with Gasteiger partial charge in [0, 0.05) is 30.4 Å². The molecule has 1 aliphatic rings. The number of ether oxygens (including phenoxy) is 2. The number of aromatic nitrogens is 2. The molecule has 3 aromatic rings. The zero-order chi connectivity index (χ0) is 24.8. The van der Waals surface area contributed by atoms with E-state index in [1.165, 1.54) is 36.9 Å². The van der Waals surface area contributed by atoms with Crippen molar-refractivity contribution in [3.8, 4) is 22.8 Å². The average molecular weight is 481 g/mol. The molecule has 0 radical (unpaired) electrons. The Hall–Kier alpha value is -3.26. The Morgan fingerprint density at radius 1 is 1.09 bits per heavy atom. The van der Waals surface area contributed by atoms with Crippen LogP contribution < -0.4 is 20.3 Å². The third-order valence-electron chi connectivity index (χ3n) is 6.29. The van der Waals surface area contributed by atoms with Gasteiger partial charge in [-0.05, 0) is 58.3 Å². The summed E-state index contributed by atoms with van der Waals surface area (Å²) in [5, 5.41) is 2.88. The number of methoxy groups -OCH3 is 1. The van der Waals surface area contributed by atoms with E-state index in [9.17, 15) is 9.59 Å². The zero-order valence-electron chi connectivity index (χ0n) is 21.0. The lowest BCUT2D eigenvalue weighted by atomic mass is 10.1. The zero-order valence-corrected chi connectivity index (χ0v) is 21.0. The summed E-state index contributed by atoms with van der Waals surface area (Å²) in [6.45, 7) is 7.70. The van der Waals surface area contributed by atoms with Crippen LogP contribution >= 0.6 is 0 Å². The van der Waals surface area contributed by atoms with Crippen molar-refractivity contribution in [3.63, 3.8) is 0 Å². The highest BCUT2D eigenvalue weighted by molar-refractivity contribution is 5.77. The average Bonchev–Trinajstić information content (AvgIpc) is 3.27. The van der Waals surface area contributed by atoms with E-state index < -0.39 is 0 Å². The minimum atomic E-state index is -0.243. The molecule has 1 N–H and O–H groups in total. The molecule has 1 amide bonds. The lowest BCUT2D eigenvalue weighted by Gasteiger charge is -2.26. The molecule has 0 unspecified atom stereocenters. The second-order valence-corrected chi connectivity index (χ2v) is 9.43. The van der Waals surface area contributed by atoms with Crippen molar-refractivity contribution in [1.82, 2.24) is 19.2 Å². The second-order valence-electron chi connectivity index (χ2n) is 9.43. The third kappa shape index (κ3) is 6.25. The molecule has 8 heteroatoms. The molecule has 35 heavy (non-hydrogen) atoms. The molecule has 1 aliphatic heterocycles. The van der Waals surface area contributed by atoms with E-state index in [2.05, 4.69) is 10.2 Å². The van der Waals surface area contributed by atoms with E-state index in [1.54, 1.807) is 17.6 Å². The predicted octanol–water partition coefficient (Wildman–Crippen LogP) is 3.56. The van der Waals surface area contributed by atoms with Crippen LogP contribution in [0.4, 0.5) is 0 Å². The molecule has 1 aromatic carbocycles. The number of carbonyl (C=O) groups is 1. The van der Waals surface area contributed by atoms with E-state index >= 15 is 0 Å². The largest absolute Gasteiger partial charge is 0.497 e. The highest BCUT2D eigenvalue weighted by atomic mass is 16.5. The number of likely N-dealkylation sites (tertiary alicyclic amines) is 1. The number of benzene rings is 1. The first-order valence-corrected chi connectivity index (χ1v) is 12.5. The molecule has 8 nitrogen and oxygen atoms in total. The fourth-order valence-corrected chi connectivity index (χ4v) is 4.60. The van der Waals surface area contributed by atoms with Gasteiger partial charge < -0.3 is 24.1 Å². The summed E-state index contributed by atoms with van der Waals surface area (Å²) in [5.41, 5.74) is 1.65. The summed E-state index contributed by atoms with van der Waals surface area (Å²) in [6, 6.07) is 9.23. The Labute approximate surface area is 206 Å². The van der Waals surface area contributed by atoms with Gasteiger partial charge in [0.1, 0.15) is 23.6 Å².